The van der Waals surface area contributed by atoms with Crippen LogP contribution in [0.4, 0.5) is 0 Å². The summed E-state index contributed by atoms with van der Waals surface area (Å²) in [5, 5.41) is 13.1. The maximum atomic E-state index is 8.65. The lowest BCUT2D eigenvalue weighted by Gasteiger charge is -2.07. The smallest absolute Gasteiger partial charge is 0.0793 e. The predicted octanol–water partition coefficient (Wildman–Crippen LogP) is 2.56. The van der Waals surface area contributed by atoms with Gasteiger partial charge in [0, 0.05) is 5.69 Å². The van der Waals surface area contributed by atoms with Crippen LogP contribution in [0.15, 0.2) is 30.3 Å². The Labute approximate surface area is 94.9 Å². The fraction of sp³-hybridized carbons (Fsp3) is 0.231. The topological polar surface area (TPSA) is 41.6 Å². The van der Waals surface area contributed by atoms with Gasteiger partial charge in [0.15, 0.2) is 0 Å². The predicted molar refractivity (Wildman–Crippen MR) is 62.4 cm³/mol. The van der Waals surface area contributed by atoms with Crippen molar-refractivity contribution >= 4 is 0 Å². The van der Waals surface area contributed by atoms with E-state index in [2.05, 4.69) is 24.2 Å². The number of benzene rings is 1. The second-order valence-corrected chi connectivity index (χ2v) is 3.81. The molecule has 0 atom stereocenters. The second-order valence-electron chi connectivity index (χ2n) is 3.81. The van der Waals surface area contributed by atoms with Crippen LogP contribution in [-0.2, 0) is 6.42 Å². The average Bonchev–Trinajstić information content (AvgIpc) is 2.61. The van der Waals surface area contributed by atoms with E-state index < -0.39 is 0 Å². The lowest BCUT2D eigenvalue weighted by Crippen LogP contribution is -2.01. The van der Waals surface area contributed by atoms with E-state index in [9.17, 15) is 0 Å². The molecule has 0 aliphatic heterocycles. The summed E-state index contributed by atoms with van der Waals surface area (Å²) < 4.78 is 1.89. The maximum Gasteiger partial charge on any atom is 0.0793 e. The quantitative estimate of drug-likeness (QED) is 0.766. The van der Waals surface area contributed by atoms with Crippen molar-refractivity contribution in [1.29, 1.82) is 5.26 Å². The van der Waals surface area contributed by atoms with Crippen LogP contribution in [0.5, 0.6) is 0 Å². The summed E-state index contributed by atoms with van der Waals surface area (Å²) >= 11 is 0. The number of nitrogens with zero attached hydrogens (tertiary/aromatic N) is 3. The Hall–Kier alpha value is -2.08. The molecule has 0 fully saturated rings. The Morgan fingerprint density at radius 1 is 1.31 bits per heavy atom. The molecule has 1 aromatic carbocycles. The summed E-state index contributed by atoms with van der Waals surface area (Å²) in [6, 6.07) is 12.2. The van der Waals surface area contributed by atoms with Gasteiger partial charge < -0.3 is 0 Å². The van der Waals surface area contributed by atoms with Crippen molar-refractivity contribution in [3.8, 4) is 11.8 Å². The van der Waals surface area contributed by atoms with Crippen LogP contribution in [0.2, 0.25) is 0 Å². The highest BCUT2D eigenvalue weighted by Crippen LogP contribution is 2.16. The van der Waals surface area contributed by atoms with Crippen molar-refractivity contribution in [2.45, 2.75) is 20.3 Å². The van der Waals surface area contributed by atoms with Crippen LogP contribution in [0.25, 0.3) is 5.69 Å². The first-order valence-corrected chi connectivity index (χ1v) is 5.21. The Balaban J connectivity index is 2.49. The Bertz CT molecular complexity index is 547. The molecule has 0 aliphatic rings. The molecule has 3 nitrogen and oxygen atoms in total. The van der Waals surface area contributed by atoms with E-state index in [-0.39, 0.29) is 0 Å². The molecule has 0 saturated heterocycles. The van der Waals surface area contributed by atoms with Crippen LogP contribution in [0.1, 0.15) is 17.0 Å². The summed E-state index contributed by atoms with van der Waals surface area (Å²) in [7, 11) is 0. The number of aromatic nitrogens is 2. The van der Waals surface area contributed by atoms with Crippen molar-refractivity contribution in [2.24, 2.45) is 0 Å². The van der Waals surface area contributed by atoms with E-state index >= 15 is 0 Å². The van der Waals surface area contributed by atoms with E-state index in [1.54, 1.807) is 0 Å². The molecule has 1 aromatic heterocycles. The summed E-state index contributed by atoms with van der Waals surface area (Å²) in [4.78, 5) is 0. The van der Waals surface area contributed by atoms with Gasteiger partial charge in [-0.05, 0) is 31.5 Å². The first kappa shape index (κ1) is 10.4. The molecule has 2 rings (SSSR count). The van der Waals surface area contributed by atoms with E-state index in [1.807, 2.05) is 35.9 Å². The van der Waals surface area contributed by atoms with Crippen LogP contribution < -0.4 is 0 Å². The minimum absolute atomic E-state index is 0.361. The van der Waals surface area contributed by atoms with Crippen LogP contribution in [-0.4, -0.2) is 9.78 Å². The van der Waals surface area contributed by atoms with Gasteiger partial charge >= 0.3 is 0 Å². The van der Waals surface area contributed by atoms with Crippen LogP contribution in [0.3, 0.4) is 0 Å². The second kappa shape index (κ2) is 4.19. The molecule has 2 aromatic rings. The number of hydrogen-bond donors (Lipinski definition) is 0. The van der Waals surface area contributed by atoms with Crippen molar-refractivity contribution in [2.75, 3.05) is 0 Å². The summed E-state index contributed by atoms with van der Waals surface area (Å²) in [6.07, 6.45) is 0.361. The van der Waals surface area contributed by atoms with Gasteiger partial charge in [-0.2, -0.15) is 10.4 Å². The zero-order valence-corrected chi connectivity index (χ0v) is 9.44. The van der Waals surface area contributed by atoms with Gasteiger partial charge in [-0.25, -0.2) is 4.68 Å². The normalized spacial score (nSPS) is 10.1. The van der Waals surface area contributed by atoms with E-state index in [0.29, 0.717) is 6.42 Å². The van der Waals surface area contributed by atoms with Gasteiger partial charge in [-0.3, -0.25) is 0 Å². The molecule has 0 aliphatic carbocycles. The molecule has 0 spiro atoms. The first-order valence-electron chi connectivity index (χ1n) is 5.21. The van der Waals surface area contributed by atoms with Crippen molar-refractivity contribution in [3.05, 3.63) is 47.3 Å². The zero-order chi connectivity index (χ0) is 11.5. The minimum Gasteiger partial charge on any atom is -0.238 e. The molecule has 0 radical (unpaired) electrons. The van der Waals surface area contributed by atoms with Gasteiger partial charge in [-0.15, -0.1) is 0 Å². The molecule has 0 saturated carbocycles. The monoisotopic (exact) mass is 211 g/mol. The van der Waals surface area contributed by atoms with Crippen LogP contribution in [0, 0.1) is 25.2 Å². The highest BCUT2D eigenvalue weighted by molar-refractivity contribution is 5.40. The van der Waals surface area contributed by atoms with Crippen molar-refractivity contribution in [3.63, 3.8) is 0 Å². The van der Waals surface area contributed by atoms with Gasteiger partial charge in [0.2, 0.25) is 0 Å². The Morgan fingerprint density at radius 3 is 2.75 bits per heavy atom. The molecular weight excluding hydrogens is 198 g/mol. The number of hydrogen-bond acceptors (Lipinski definition) is 2. The van der Waals surface area contributed by atoms with Gasteiger partial charge in [-0.1, -0.05) is 18.2 Å². The Kier molecular flexibility index (Phi) is 2.74. The number of para-hydroxylation sites is 1. The highest BCUT2D eigenvalue weighted by Gasteiger charge is 2.07. The maximum absolute atomic E-state index is 8.65. The van der Waals surface area contributed by atoms with Crippen molar-refractivity contribution < 1.29 is 0 Å². The molecule has 0 amide bonds. The fourth-order valence-corrected chi connectivity index (χ4v) is 1.75. The number of nitriles is 1. The Morgan fingerprint density at radius 2 is 2.06 bits per heavy atom. The van der Waals surface area contributed by atoms with E-state index in [4.69, 9.17) is 5.26 Å². The molecule has 0 unspecified atom stereocenters. The van der Waals surface area contributed by atoms with Crippen molar-refractivity contribution in [1.82, 2.24) is 9.78 Å². The molecule has 80 valence electrons. The zero-order valence-electron chi connectivity index (χ0n) is 9.44. The van der Waals surface area contributed by atoms with E-state index in [1.165, 1.54) is 5.56 Å². The average molecular weight is 211 g/mol. The third-order valence-corrected chi connectivity index (χ3v) is 2.54. The summed E-state index contributed by atoms with van der Waals surface area (Å²) in [5.74, 6) is 0. The SMILES string of the molecule is Cc1ccccc1-n1nc(CC#N)cc1C. The molecule has 1 heterocycles. The van der Waals surface area contributed by atoms with Crippen LogP contribution >= 0.6 is 0 Å². The summed E-state index contributed by atoms with van der Waals surface area (Å²) in [5.41, 5.74) is 4.13. The lowest BCUT2D eigenvalue weighted by atomic mass is 10.2. The molecular formula is C13H13N3. The molecule has 16 heavy (non-hydrogen) atoms. The minimum atomic E-state index is 0.361. The van der Waals surface area contributed by atoms with E-state index in [0.717, 1.165) is 17.1 Å². The number of aryl methyl sites for hydroxylation is 2. The third-order valence-electron chi connectivity index (χ3n) is 2.54. The summed E-state index contributed by atoms with van der Waals surface area (Å²) in [6.45, 7) is 4.06. The van der Waals surface area contributed by atoms with Gasteiger partial charge in [0.1, 0.15) is 0 Å². The number of rotatable bonds is 2. The van der Waals surface area contributed by atoms with Gasteiger partial charge in [0.05, 0.1) is 23.9 Å². The molecule has 0 N–H and O–H groups in total. The van der Waals surface area contributed by atoms with Gasteiger partial charge in [0.25, 0.3) is 0 Å². The highest BCUT2D eigenvalue weighted by atomic mass is 15.3. The molecule has 3 heteroatoms. The fourth-order valence-electron chi connectivity index (χ4n) is 1.75. The third kappa shape index (κ3) is 1.82. The first-order chi connectivity index (χ1) is 7.72. The molecule has 0 bridgehead atoms. The largest absolute Gasteiger partial charge is 0.238 e. The lowest BCUT2D eigenvalue weighted by molar-refractivity contribution is 0.821. The standard InChI is InChI=1S/C13H13N3/c1-10-5-3-4-6-13(10)16-11(2)9-12(15-16)7-8-14/h3-6,9H,7H2,1-2H3.